The van der Waals surface area contributed by atoms with Gasteiger partial charge < -0.3 is 4.74 Å². The maximum atomic E-state index is 12.2. The molecule has 0 saturated carbocycles. The quantitative estimate of drug-likeness (QED) is 0.166. The second-order valence-electron chi connectivity index (χ2n) is 9.65. The average molecular weight is 449 g/mol. The van der Waals surface area contributed by atoms with Crippen molar-refractivity contribution in [2.75, 3.05) is 6.61 Å². The van der Waals surface area contributed by atoms with Crippen molar-refractivity contribution in [3.63, 3.8) is 0 Å². The molecule has 1 atom stereocenters. The zero-order valence-corrected chi connectivity index (χ0v) is 21.4. The summed E-state index contributed by atoms with van der Waals surface area (Å²) < 4.78 is 7.02. The van der Waals surface area contributed by atoms with Gasteiger partial charge in [0.15, 0.2) is 0 Å². The number of imidazole rings is 1. The number of ether oxygens (including phenoxy) is 1. The van der Waals surface area contributed by atoms with Gasteiger partial charge in [-0.05, 0) is 18.8 Å². The van der Waals surface area contributed by atoms with E-state index < -0.39 is 0 Å². The van der Waals surface area contributed by atoms with Gasteiger partial charge in [0, 0.05) is 12.4 Å². The molecule has 4 nitrogen and oxygen atoms in total. The minimum Gasteiger partial charge on any atom is -0.449 e. The normalized spacial score (nSPS) is 12.2. The van der Waals surface area contributed by atoms with Crippen LogP contribution in [0.3, 0.4) is 0 Å². The van der Waals surface area contributed by atoms with Gasteiger partial charge in [0.2, 0.25) is 0 Å². The lowest BCUT2D eigenvalue weighted by Gasteiger charge is -2.17. The minimum absolute atomic E-state index is 0.300. The van der Waals surface area contributed by atoms with Crippen LogP contribution in [0.1, 0.15) is 142 Å². The van der Waals surface area contributed by atoms with E-state index in [1.807, 2.05) is 0 Å². The maximum Gasteiger partial charge on any atom is 0.419 e. The molecular weight excluding hydrogens is 396 g/mol. The molecule has 1 aromatic heterocycles. The van der Waals surface area contributed by atoms with Crippen LogP contribution in [0.2, 0.25) is 0 Å². The molecule has 1 rings (SSSR count). The number of hydrogen-bond acceptors (Lipinski definition) is 3. The number of nitrogens with zero attached hydrogens (tertiary/aromatic N) is 2. The van der Waals surface area contributed by atoms with Crippen LogP contribution in [0.15, 0.2) is 18.7 Å². The second-order valence-corrected chi connectivity index (χ2v) is 9.65. The molecule has 1 unspecified atom stereocenters. The van der Waals surface area contributed by atoms with Crippen LogP contribution in [0, 0.1) is 5.92 Å². The van der Waals surface area contributed by atoms with Crippen LogP contribution >= 0.6 is 0 Å². The van der Waals surface area contributed by atoms with Gasteiger partial charge in [0.25, 0.3) is 0 Å². The standard InChI is InChI=1S/C28H52N2O2/c1-3-5-7-9-11-13-14-16-18-20-22-27(21-19-17-15-12-10-8-6-4-2)25-32-28(31)30-24-23-29-26-30/h23-24,26-27H,3-22,25H2,1-2H3. The van der Waals surface area contributed by atoms with Crippen molar-refractivity contribution < 1.29 is 9.53 Å². The molecule has 1 heterocycles. The lowest BCUT2D eigenvalue weighted by atomic mass is 9.94. The number of unbranched alkanes of at least 4 members (excludes halogenated alkanes) is 16. The Morgan fingerprint density at radius 2 is 1.16 bits per heavy atom. The van der Waals surface area contributed by atoms with Gasteiger partial charge in [0.1, 0.15) is 6.33 Å². The fourth-order valence-electron chi connectivity index (χ4n) is 4.43. The molecule has 0 spiro atoms. The number of carbonyl (C=O) groups excluding carboxylic acids is 1. The van der Waals surface area contributed by atoms with E-state index in [0.717, 1.165) is 0 Å². The smallest absolute Gasteiger partial charge is 0.419 e. The Labute approximate surface area is 198 Å². The van der Waals surface area contributed by atoms with E-state index in [4.69, 9.17) is 4.74 Å². The maximum absolute atomic E-state index is 12.2. The van der Waals surface area contributed by atoms with Crippen molar-refractivity contribution in [2.45, 2.75) is 142 Å². The summed E-state index contributed by atoms with van der Waals surface area (Å²) in [6, 6.07) is 0. The van der Waals surface area contributed by atoms with Gasteiger partial charge >= 0.3 is 6.09 Å². The van der Waals surface area contributed by atoms with Gasteiger partial charge in [-0.3, -0.25) is 0 Å². The van der Waals surface area contributed by atoms with Crippen molar-refractivity contribution >= 4 is 6.09 Å². The Kier molecular flexibility index (Phi) is 19.3. The zero-order chi connectivity index (χ0) is 23.1. The number of rotatable bonds is 22. The first-order chi connectivity index (χ1) is 15.8. The van der Waals surface area contributed by atoms with Crippen LogP contribution in [0.5, 0.6) is 0 Å². The van der Waals surface area contributed by atoms with Crippen LogP contribution < -0.4 is 0 Å². The fourth-order valence-corrected chi connectivity index (χ4v) is 4.43. The molecule has 0 aliphatic rings. The number of carbonyl (C=O) groups is 1. The van der Waals surface area contributed by atoms with E-state index in [1.54, 1.807) is 12.4 Å². The highest BCUT2D eigenvalue weighted by Crippen LogP contribution is 2.20. The SMILES string of the molecule is CCCCCCCCCCCCC(CCCCCCCCCC)COC(=O)n1ccnc1. The van der Waals surface area contributed by atoms with Crippen molar-refractivity contribution in [2.24, 2.45) is 5.92 Å². The lowest BCUT2D eigenvalue weighted by molar-refractivity contribution is 0.121. The third-order valence-electron chi connectivity index (χ3n) is 6.59. The highest BCUT2D eigenvalue weighted by molar-refractivity contribution is 5.69. The molecule has 0 bridgehead atoms. The third-order valence-corrected chi connectivity index (χ3v) is 6.59. The van der Waals surface area contributed by atoms with Gasteiger partial charge in [-0.15, -0.1) is 0 Å². The molecule has 0 saturated heterocycles. The third kappa shape index (κ3) is 16.3. The second kappa shape index (κ2) is 21.5. The summed E-state index contributed by atoms with van der Waals surface area (Å²) in [5, 5.41) is 0. The summed E-state index contributed by atoms with van der Waals surface area (Å²) >= 11 is 0. The predicted molar refractivity (Wildman–Crippen MR) is 136 cm³/mol. The molecule has 0 aliphatic carbocycles. The Morgan fingerprint density at radius 3 is 1.56 bits per heavy atom. The molecule has 0 fully saturated rings. The fraction of sp³-hybridized carbons (Fsp3) is 0.857. The van der Waals surface area contributed by atoms with Gasteiger partial charge in [-0.2, -0.15) is 0 Å². The van der Waals surface area contributed by atoms with Crippen LogP contribution in [-0.4, -0.2) is 22.3 Å². The topological polar surface area (TPSA) is 44.1 Å². The summed E-state index contributed by atoms with van der Waals surface area (Å²) in [6.45, 7) is 5.10. The Morgan fingerprint density at radius 1 is 0.719 bits per heavy atom. The summed E-state index contributed by atoms with van der Waals surface area (Å²) in [7, 11) is 0. The number of hydrogen-bond donors (Lipinski definition) is 0. The van der Waals surface area contributed by atoms with Crippen LogP contribution in [0.4, 0.5) is 4.79 Å². The van der Waals surface area contributed by atoms with Crippen molar-refractivity contribution in [3.8, 4) is 0 Å². The largest absolute Gasteiger partial charge is 0.449 e. The molecular formula is C28H52N2O2. The van der Waals surface area contributed by atoms with Crippen molar-refractivity contribution in [1.29, 1.82) is 0 Å². The predicted octanol–water partition coefficient (Wildman–Crippen LogP) is 9.33. The zero-order valence-electron chi connectivity index (χ0n) is 21.4. The first-order valence-corrected chi connectivity index (χ1v) is 13.9. The van der Waals surface area contributed by atoms with E-state index in [0.29, 0.717) is 12.5 Å². The van der Waals surface area contributed by atoms with Gasteiger partial charge in [-0.1, -0.05) is 129 Å². The van der Waals surface area contributed by atoms with Gasteiger partial charge in [-0.25, -0.2) is 14.3 Å². The summed E-state index contributed by atoms with van der Waals surface area (Å²) in [4.78, 5) is 16.1. The van der Waals surface area contributed by atoms with Crippen molar-refractivity contribution in [1.82, 2.24) is 9.55 Å². The first-order valence-electron chi connectivity index (χ1n) is 13.9. The molecule has 1 aromatic rings. The summed E-state index contributed by atoms with van der Waals surface area (Å²) in [6.07, 6.45) is 31.3. The molecule has 0 aliphatic heterocycles. The Hall–Kier alpha value is -1.32. The van der Waals surface area contributed by atoms with E-state index in [9.17, 15) is 4.79 Å². The Balaban J connectivity index is 2.17. The molecule has 0 radical (unpaired) electrons. The molecule has 4 heteroatoms. The molecule has 0 N–H and O–H groups in total. The molecule has 186 valence electrons. The number of aromatic nitrogens is 2. The van der Waals surface area contributed by atoms with Crippen LogP contribution in [0.25, 0.3) is 0 Å². The highest BCUT2D eigenvalue weighted by atomic mass is 16.5. The van der Waals surface area contributed by atoms with E-state index >= 15 is 0 Å². The lowest BCUT2D eigenvalue weighted by Crippen LogP contribution is -2.18. The highest BCUT2D eigenvalue weighted by Gasteiger charge is 2.13. The van der Waals surface area contributed by atoms with Crippen molar-refractivity contribution in [3.05, 3.63) is 18.7 Å². The minimum atomic E-state index is -0.300. The summed E-state index contributed by atoms with van der Waals surface area (Å²) in [5.74, 6) is 0.497. The van der Waals surface area contributed by atoms with E-state index in [1.165, 1.54) is 139 Å². The van der Waals surface area contributed by atoms with Gasteiger partial charge in [0.05, 0.1) is 6.61 Å². The molecule has 0 aromatic carbocycles. The van der Waals surface area contributed by atoms with Crippen LogP contribution in [-0.2, 0) is 4.74 Å². The average Bonchev–Trinajstić information content (AvgIpc) is 3.34. The van der Waals surface area contributed by atoms with E-state index in [2.05, 4.69) is 18.8 Å². The molecule has 32 heavy (non-hydrogen) atoms. The summed E-state index contributed by atoms with van der Waals surface area (Å²) in [5.41, 5.74) is 0. The molecule has 0 amide bonds. The van der Waals surface area contributed by atoms with E-state index in [-0.39, 0.29) is 6.09 Å². The first kappa shape index (κ1) is 28.7. The Bertz CT molecular complexity index is 516. The monoisotopic (exact) mass is 448 g/mol.